The summed E-state index contributed by atoms with van der Waals surface area (Å²) in [6.07, 6.45) is -0.543. The van der Waals surface area contributed by atoms with Gasteiger partial charge in [0.1, 0.15) is 6.61 Å². The molecular weight excluding hydrogens is 312 g/mol. The molecule has 0 aliphatic rings. The molecule has 24 heavy (non-hydrogen) atoms. The lowest BCUT2D eigenvalue weighted by Gasteiger charge is -2.27. The SMILES string of the molecule is CC(C)(NNC(=O)OCc1ccccc1)C(=O)C(N)CCC(N)=O. The van der Waals surface area contributed by atoms with E-state index in [1.54, 1.807) is 13.8 Å². The number of Topliss-reactive ketones (excluding diaryl/α,β-unsaturated/α-hetero) is 1. The first-order valence-corrected chi connectivity index (χ1v) is 7.54. The van der Waals surface area contributed by atoms with Gasteiger partial charge in [0.2, 0.25) is 5.91 Å². The van der Waals surface area contributed by atoms with Gasteiger partial charge in [-0.15, -0.1) is 0 Å². The van der Waals surface area contributed by atoms with Crippen molar-refractivity contribution in [2.45, 2.75) is 44.9 Å². The molecule has 0 fully saturated rings. The Morgan fingerprint density at radius 1 is 1.21 bits per heavy atom. The fraction of sp³-hybridized carbons (Fsp3) is 0.438. The molecule has 0 aliphatic carbocycles. The van der Waals surface area contributed by atoms with Gasteiger partial charge < -0.3 is 16.2 Å². The van der Waals surface area contributed by atoms with Crippen LogP contribution in [0, 0.1) is 0 Å². The maximum absolute atomic E-state index is 12.2. The van der Waals surface area contributed by atoms with Gasteiger partial charge >= 0.3 is 6.09 Å². The fourth-order valence-electron chi connectivity index (χ4n) is 1.92. The number of hydrogen-bond acceptors (Lipinski definition) is 6. The van der Waals surface area contributed by atoms with E-state index in [0.717, 1.165) is 5.56 Å². The molecular formula is C16H24N4O4. The molecule has 8 nitrogen and oxygen atoms in total. The van der Waals surface area contributed by atoms with Gasteiger partial charge in [0.25, 0.3) is 0 Å². The Morgan fingerprint density at radius 2 is 1.83 bits per heavy atom. The van der Waals surface area contributed by atoms with Crippen molar-refractivity contribution in [3.63, 3.8) is 0 Å². The number of rotatable bonds is 9. The summed E-state index contributed by atoms with van der Waals surface area (Å²) in [7, 11) is 0. The Labute approximate surface area is 140 Å². The molecule has 132 valence electrons. The Morgan fingerprint density at radius 3 is 2.42 bits per heavy atom. The molecule has 2 amide bonds. The fourth-order valence-corrected chi connectivity index (χ4v) is 1.92. The van der Waals surface area contributed by atoms with Crippen LogP contribution < -0.4 is 22.3 Å². The summed E-state index contributed by atoms with van der Waals surface area (Å²) >= 11 is 0. The van der Waals surface area contributed by atoms with E-state index in [0.29, 0.717) is 0 Å². The quantitative estimate of drug-likeness (QED) is 0.481. The molecule has 0 saturated heterocycles. The van der Waals surface area contributed by atoms with Gasteiger partial charge in [-0.05, 0) is 25.8 Å². The molecule has 6 N–H and O–H groups in total. The Hall–Kier alpha value is -2.45. The van der Waals surface area contributed by atoms with Crippen LogP contribution in [0.4, 0.5) is 4.79 Å². The van der Waals surface area contributed by atoms with Gasteiger partial charge in [0, 0.05) is 6.42 Å². The molecule has 0 bridgehead atoms. The summed E-state index contributed by atoms with van der Waals surface area (Å²) in [5.41, 5.74) is 15.4. The zero-order valence-electron chi connectivity index (χ0n) is 13.9. The predicted octanol–water partition coefficient (Wildman–Crippen LogP) is 0.358. The monoisotopic (exact) mass is 336 g/mol. The third-order valence-electron chi connectivity index (χ3n) is 3.34. The molecule has 0 saturated carbocycles. The molecule has 8 heteroatoms. The second-order valence-corrected chi connectivity index (χ2v) is 5.91. The van der Waals surface area contributed by atoms with Gasteiger partial charge in [-0.25, -0.2) is 10.2 Å². The third kappa shape index (κ3) is 6.76. The number of ether oxygens (including phenoxy) is 1. The highest BCUT2D eigenvalue weighted by Crippen LogP contribution is 2.09. The van der Waals surface area contributed by atoms with Crippen LogP contribution in [0.5, 0.6) is 0 Å². The first-order valence-electron chi connectivity index (χ1n) is 7.54. The summed E-state index contributed by atoms with van der Waals surface area (Å²) < 4.78 is 5.03. The summed E-state index contributed by atoms with van der Waals surface area (Å²) in [6.45, 7) is 3.24. The predicted molar refractivity (Wildman–Crippen MR) is 88.4 cm³/mol. The van der Waals surface area contributed by atoms with E-state index in [1.807, 2.05) is 30.3 Å². The van der Waals surface area contributed by atoms with Crippen LogP contribution in [-0.4, -0.2) is 29.4 Å². The van der Waals surface area contributed by atoms with Gasteiger partial charge in [-0.3, -0.25) is 15.0 Å². The first-order chi connectivity index (χ1) is 11.2. The normalized spacial score (nSPS) is 12.3. The second kappa shape index (κ2) is 8.99. The maximum Gasteiger partial charge on any atom is 0.421 e. The molecule has 1 atom stereocenters. The highest BCUT2D eigenvalue weighted by Gasteiger charge is 2.32. The molecule has 1 unspecified atom stereocenters. The number of carbonyl (C=O) groups excluding carboxylic acids is 3. The van der Waals surface area contributed by atoms with Crippen LogP contribution in [0.2, 0.25) is 0 Å². The zero-order valence-corrected chi connectivity index (χ0v) is 13.9. The number of amides is 2. The van der Waals surface area contributed by atoms with E-state index in [1.165, 1.54) is 0 Å². The summed E-state index contributed by atoms with van der Waals surface area (Å²) in [5, 5.41) is 0. The lowest BCUT2D eigenvalue weighted by atomic mass is 9.92. The highest BCUT2D eigenvalue weighted by molar-refractivity contribution is 5.92. The van der Waals surface area contributed by atoms with Gasteiger partial charge in [0.15, 0.2) is 5.78 Å². The molecule has 1 rings (SSSR count). The Balaban J connectivity index is 2.41. The van der Waals surface area contributed by atoms with E-state index in [4.69, 9.17) is 16.2 Å². The molecule has 1 aromatic rings. The van der Waals surface area contributed by atoms with Crippen molar-refractivity contribution >= 4 is 17.8 Å². The first kappa shape index (κ1) is 19.6. The molecule has 0 radical (unpaired) electrons. The van der Waals surface area contributed by atoms with Crippen molar-refractivity contribution in [3.8, 4) is 0 Å². The molecule has 0 heterocycles. The van der Waals surface area contributed by atoms with Gasteiger partial charge in [0.05, 0.1) is 11.6 Å². The van der Waals surface area contributed by atoms with Crippen LogP contribution in [0.25, 0.3) is 0 Å². The zero-order chi connectivity index (χ0) is 18.2. The second-order valence-electron chi connectivity index (χ2n) is 5.91. The van der Waals surface area contributed by atoms with Crippen molar-refractivity contribution in [1.82, 2.24) is 10.9 Å². The number of hydrazine groups is 1. The topological polar surface area (TPSA) is 137 Å². The average Bonchev–Trinajstić information content (AvgIpc) is 2.56. The Kier molecular flexibility index (Phi) is 7.34. The van der Waals surface area contributed by atoms with Gasteiger partial charge in [-0.1, -0.05) is 30.3 Å². The van der Waals surface area contributed by atoms with Crippen molar-refractivity contribution < 1.29 is 19.1 Å². The van der Waals surface area contributed by atoms with Crippen molar-refractivity contribution in [2.24, 2.45) is 11.5 Å². The molecule has 0 aliphatic heterocycles. The number of carbonyl (C=O) groups is 3. The lowest BCUT2D eigenvalue weighted by molar-refractivity contribution is -0.126. The van der Waals surface area contributed by atoms with Crippen LogP contribution >= 0.6 is 0 Å². The smallest absolute Gasteiger partial charge is 0.421 e. The number of nitrogens with one attached hydrogen (secondary N) is 2. The summed E-state index contributed by atoms with van der Waals surface area (Å²) in [6, 6.07) is 8.33. The van der Waals surface area contributed by atoms with Crippen LogP contribution in [0.15, 0.2) is 30.3 Å². The maximum atomic E-state index is 12.2. The average molecular weight is 336 g/mol. The summed E-state index contributed by atoms with van der Waals surface area (Å²) in [4.78, 5) is 34.7. The minimum absolute atomic E-state index is 0.0233. The minimum Gasteiger partial charge on any atom is -0.444 e. The molecule has 1 aromatic carbocycles. The number of nitrogens with two attached hydrogens (primary N) is 2. The standard InChI is InChI=1S/C16H24N4O4/c1-16(2,14(22)12(17)8-9-13(18)21)20-19-15(23)24-10-11-6-4-3-5-7-11/h3-7,12,20H,8-10,17H2,1-2H3,(H2,18,21)(H,19,23). The molecule has 0 spiro atoms. The molecule has 0 aromatic heterocycles. The van der Waals surface area contributed by atoms with E-state index in [2.05, 4.69) is 10.9 Å². The minimum atomic E-state index is -1.12. The largest absolute Gasteiger partial charge is 0.444 e. The van der Waals surface area contributed by atoms with E-state index >= 15 is 0 Å². The van der Waals surface area contributed by atoms with Crippen molar-refractivity contribution in [1.29, 1.82) is 0 Å². The van der Waals surface area contributed by atoms with Crippen molar-refractivity contribution in [3.05, 3.63) is 35.9 Å². The number of ketones is 1. The lowest BCUT2D eigenvalue weighted by Crippen LogP contribution is -2.59. The van der Waals surface area contributed by atoms with Crippen LogP contribution in [0.3, 0.4) is 0 Å². The van der Waals surface area contributed by atoms with E-state index in [9.17, 15) is 14.4 Å². The van der Waals surface area contributed by atoms with E-state index in [-0.39, 0.29) is 25.2 Å². The summed E-state index contributed by atoms with van der Waals surface area (Å²) in [5.74, 6) is -0.876. The third-order valence-corrected chi connectivity index (χ3v) is 3.34. The van der Waals surface area contributed by atoms with Gasteiger partial charge in [-0.2, -0.15) is 0 Å². The Bertz CT molecular complexity index is 575. The number of hydrogen-bond donors (Lipinski definition) is 4. The number of primary amides is 1. The highest BCUT2D eigenvalue weighted by atomic mass is 16.6. The number of benzene rings is 1. The van der Waals surface area contributed by atoms with Crippen LogP contribution in [-0.2, 0) is 20.9 Å². The van der Waals surface area contributed by atoms with Crippen LogP contribution in [0.1, 0.15) is 32.3 Å². The van der Waals surface area contributed by atoms with E-state index < -0.39 is 23.6 Å². The van der Waals surface area contributed by atoms with Crippen molar-refractivity contribution in [2.75, 3.05) is 0 Å².